The van der Waals surface area contributed by atoms with E-state index in [1.807, 2.05) is 0 Å². The number of carbonyl (C=O) groups is 2. The molecule has 0 saturated carbocycles. The highest BCUT2D eigenvalue weighted by molar-refractivity contribution is 7.17. The molecule has 1 aliphatic rings. The highest BCUT2D eigenvalue weighted by Crippen LogP contribution is 2.16. The van der Waals surface area contributed by atoms with E-state index in [2.05, 4.69) is 14.6 Å². The molecule has 0 radical (unpaired) electrons. The summed E-state index contributed by atoms with van der Waals surface area (Å²) in [5, 5.41) is 2.30. The average Bonchev–Trinajstić information content (AvgIpc) is 2.28. The second-order valence-electron chi connectivity index (χ2n) is 3.69. The van der Waals surface area contributed by atoms with Gasteiger partial charge in [-0.15, -0.1) is 9.24 Å². The Kier molecular flexibility index (Phi) is 4.33. The van der Waals surface area contributed by atoms with Crippen LogP contribution in [0.1, 0.15) is 26.2 Å². The number of amides is 3. The minimum absolute atomic E-state index is 0.258. The van der Waals surface area contributed by atoms with Crippen LogP contribution < -0.4 is 5.32 Å². The predicted molar refractivity (Wildman–Crippen MR) is 58.1 cm³/mol. The van der Waals surface area contributed by atoms with Crippen LogP contribution in [0.4, 0.5) is 4.79 Å². The Bertz CT molecular complexity index is 233. The van der Waals surface area contributed by atoms with Crippen molar-refractivity contribution in [3.63, 3.8) is 0 Å². The molecule has 2 atom stereocenters. The third kappa shape index (κ3) is 3.62. The summed E-state index contributed by atoms with van der Waals surface area (Å²) >= 11 is 0. The first-order valence-corrected chi connectivity index (χ1v) is 5.58. The minimum Gasteiger partial charge on any atom is -0.324 e. The number of hydrogen-bond donors (Lipinski definition) is 1. The van der Waals surface area contributed by atoms with Crippen LogP contribution in [-0.2, 0) is 4.79 Å². The van der Waals surface area contributed by atoms with Gasteiger partial charge in [-0.1, -0.05) is 6.42 Å². The molecule has 1 rings (SSSR count). The molecule has 0 spiro atoms. The maximum Gasteiger partial charge on any atom is 0.324 e. The van der Waals surface area contributed by atoms with Gasteiger partial charge in [0.05, 0.1) is 0 Å². The van der Waals surface area contributed by atoms with E-state index < -0.39 is 0 Å². The lowest BCUT2D eigenvalue weighted by atomic mass is 10.2. The highest BCUT2D eigenvalue weighted by atomic mass is 31.0. The summed E-state index contributed by atoms with van der Waals surface area (Å²) in [6, 6.07) is -0.258. The molecule has 4 nitrogen and oxygen atoms in total. The molecular formula is C9H17N2O2P. The number of hydrogen-bond acceptors (Lipinski definition) is 2. The van der Waals surface area contributed by atoms with Gasteiger partial charge in [0.1, 0.15) is 0 Å². The van der Waals surface area contributed by atoms with Crippen molar-refractivity contribution in [1.29, 1.82) is 0 Å². The van der Waals surface area contributed by atoms with Crippen LogP contribution in [0, 0.1) is 0 Å². The molecule has 1 N–H and O–H groups in total. The first-order chi connectivity index (χ1) is 6.59. The maximum absolute atomic E-state index is 11.5. The van der Waals surface area contributed by atoms with Crippen LogP contribution in [0.15, 0.2) is 0 Å². The van der Waals surface area contributed by atoms with Crippen LogP contribution in [0.3, 0.4) is 0 Å². The van der Waals surface area contributed by atoms with Gasteiger partial charge >= 0.3 is 6.03 Å². The quantitative estimate of drug-likeness (QED) is 0.613. The normalized spacial score (nSPS) is 22.7. The van der Waals surface area contributed by atoms with Crippen LogP contribution in [-0.4, -0.2) is 35.6 Å². The fourth-order valence-electron chi connectivity index (χ4n) is 1.59. The van der Waals surface area contributed by atoms with Gasteiger partial charge in [0.15, 0.2) is 0 Å². The largest absolute Gasteiger partial charge is 0.324 e. The lowest BCUT2D eigenvalue weighted by molar-refractivity contribution is -0.118. The van der Waals surface area contributed by atoms with E-state index in [0.29, 0.717) is 5.66 Å². The van der Waals surface area contributed by atoms with E-state index in [1.54, 1.807) is 4.90 Å². The van der Waals surface area contributed by atoms with E-state index in [4.69, 9.17) is 0 Å². The third-order valence-corrected chi connectivity index (χ3v) is 2.82. The molecule has 3 amide bonds. The van der Waals surface area contributed by atoms with Crippen molar-refractivity contribution in [1.82, 2.24) is 10.2 Å². The van der Waals surface area contributed by atoms with Crippen molar-refractivity contribution in [2.24, 2.45) is 0 Å². The van der Waals surface area contributed by atoms with Crippen LogP contribution in [0.25, 0.3) is 0 Å². The van der Waals surface area contributed by atoms with Gasteiger partial charge < -0.3 is 4.90 Å². The Morgan fingerprint density at radius 2 is 2.14 bits per heavy atom. The monoisotopic (exact) mass is 216 g/mol. The van der Waals surface area contributed by atoms with Crippen LogP contribution in [0.2, 0.25) is 0 Å². The topological polar surface area (TPSA) is 49.4 Å². The van der Waals surface area contributed by atoms with E-state index in [0.717, 1.165) is 32.4 Å². The van der Waals surface area contributed by atoms with Gasteiger partial charge in [-0.2, -0.15) is 0 Å². The molecule has 1 saturated heterocycles. The predicted octanol–water partition coefficient (Wildman–Crippen LogP) is 0.972. The molecule has 5 heteroatoms. The average molecular weight is 216 g/mol. The van der Waals surface area contributed by atoms with Crippen molar-refractivity contribution >= 4 is 21.2 Å². The standard InChI is InChI=1S/C9H17N2O2P/c1-7(12)10-9(13)11-5-3-2-4-8(14)6-11/h8H,2-6,14H2,1H3,(H,10,12,13). The Balaban J connectivity index is 2.48. The molecule has 0 aliphatic carbocycles. The van der Waals surface area contributed by atoms with Crippen LogP contribution >= 0.6 is 9.24 Å². The summed E-state index contributed by atoms with van der Waals surface area (Å²) in [6.07, 6.45) is 3.31. The summed E-state index contributed by atoms with van der Waals surface area (Å²) in [7, 11) is 2.75. The van der Waals surface area contributed by atoms with Crippen LogP contribution in [0.5, 0.6) is 0 Å². The fourth-order valence-corrected chi connectivity index (χ4v) is 2.08. The molecule has 1 fully saturated rings. The first kappa shape index (κ1) is 11.4. The van der Waals surface area contributed by atoms with Gasteiger partial charge in [-0.05, 0) is 18.5 Å². The fraction of sp³-hybridized carbons (Fsp3) is 0.778. The minimum atomic E-state index is -0.292. The number of rotatable bonds is 0. The summed E-state index contributed by atoms with van der Waals surface area (Å²) in [5.74, 6) is -0.292. The molecular weight excluding hydrogens is 199 g/mol. The number of nitrogens with zero attached hydrogens (tertiary/aromatic N) is 1. The van der Waals surface area contributed by atoms with Crippen molar-refractivity contribution in [3.8, 4) is 0 Å². The van der Waals surface area contributed by atoms with Crippen molar-refractivity contribution < 1.29 is 9.59 Å². The number of imide groups is 1. The summed E-state index contributed by atoms with van der Waals surface area (Å²) < 4.78 is 0. The Labute approximate surface area is 86.6 Å². The Morgan fingerprint density at radius 1 is 1.43 bits per heavy atom. The molecule has 0 aromatic carbocycles. The second kappa shape index (κ2) is 5.30. The molecule has 2 unspecified atom stereocenters. The lowest BCUT2D eigenvalue weighted by Gasteiger charge is -2.22. The maximum atomic E-state index is 11.5. The van der Waals surface area contributed by atoms with E-state index in [1.165, 1.54) is 6.92 Å². The zero-order valence-electron chi connectivity index (χ0n) is 8.45. The third-order valence-electron chi connectivity index (χ3n) is 2.28. The Morgan fingerprint density at radius 3 is 2.79 bits per heavy atom. The van der Waals surface area contributed by atoms with E-state index in [-0.39, 0.29) is 11.9 Å². The van der Waals surface area contributed by atoms with Gasteiger partial charge in [0.25, 0.3) is 0 Å². The number of likely N-dealkylation sites (tertiary alicyclic amines) is 1. The number of carbonyl (C=O) groups excluding carboxylic acids is 2. The zero-order chi connectivity index (χ0) is 10.6. The number of nitrogens with one attached hydrogen (secondary N) is 1. The summed E-state index contributed by atoms with van der Waals surface area (Å²) in [5.41, 5.74) is 0.454. The second-order valence-corrected chi connectivity index (χ2v) is 4.63. The first-order valence-electron chi connectivity index (χ1n) is 4.91. The van der Waals surface area contributed by atoms with E-state index in [9.17, 15) is 9.59 Å². The smallest absolute Gasteiger partial charge is 0.324 e. The summed E-state index contributed by atoms with van der Waals surface area (Å²) in [4.78, 5) is 23.9. The lowest BCUT2D eigenvalue weighted by Crippen LogP contribution is -2.43. The molecule has 14 heavy (non-hydrogen) atoms. The molecule has 0 bridgehead atoms. The highest BCUT2D eigenvalue weighted by Gasteiger charge is 2.19. The Hall–Kier alpha value is -0.630. The van der Waals surface area contributed by atoms with Crippen molar-refractivity contribution in [2.75, 3.05) is 13.1 Å². The molecule has 0 aromatic rings. The molecule has 0 aromatic heterocycles. The zero-order valence-corrected chi connectivity index (χ0v) is 9.61. The van der Waals surface area contributed by atoms with Gasteiger partial charge in [0.2, 0.25) is 5.91 Å². The molecule has 80 valence electrons. The van der Waals surface area contributed by atoms with Gasteiger partial charge in [-0.25, -0.2) is 4.79 Å². The van der Waals surface area contributed by atoms with Crippen molar-refractivity contribution in [3.05, 3.63) is 0 Å². The van der Waals surface area contributed by atoms with Gasteiger partial charge in [0, 0.05) is 20.0 Å². The SMILES string of the molecule is CC(=O)NC(=O)N1CCCCC(P)C1. The van der Waals surface area contributed by atoms with E-state index >= 15 is 0 Å². The molecule has 1 heterocycles. The van der Waals surface area contributed by atoms with Crippen molar-refractivity contribution in [2.45, 2.75) is 31.8 Å². The molecule has 1 aliphatic heterocycles. The summed E-state index contributed by atoms with van der Waals surface area (Å²) in [6.45, 7) is 2.84. The van der Waals surface area contributed by atoms with Gasteiger partial charge in [-0.3, -0.25) is 10.1 Å². The number of urea groups is 1.